The highest BCUT2D eigenvalue weighted by molar-refractivity contribution is 6.69. The summed E-state index contributed by atoms with van der Waals surface area (Å²) in [6.45, 7) is 3.21. The molecule has 0 spiro atoms. The molecule has 0 aliphatic carbocycles. The second kappa shape index (κ2) is 6.43. The number of carbonyl (C=O) groups is 1. The number of allylic oxidation sites excluding steroid dienone is 1. The van der Waals surface area contributed by atoms with E-state index < -0.39 is 24.4 Å². The van der Waals surface area contributed by atoms with Crippen LogP contribution < -0.4 is 0 Å². The molecular formula is C15H16ClF3N3O2+. The molecule has 1 amide bonds. The Morgan fingerprint density at radius 2 is 2.04 bits per heavy atom. The lowest BCUT2D eigenvalue weighted by Crippen LogP contribution is -2.45. The Morgan fingerprint density at radius 1 is 1.38 bits per heavy atom. The van der Waals surface area contributed by atoms with Gasteiger partial charge >= 0.3 is 17.4 Å². The average Bonchev–Trinajstić information content (AvgIpc) is 2.43. The molecule has 2 heterocycles. The number of aromatic nitrogens is 1. The zero-order valence-corrected chi connectivity index (χ0v) is 14.0. The van der Waals surface area contributed by atoms with Gasteiger partial charge in [-0.1, -0.05) is 0 Å². The summed E-state index contributed by atoms with van der Waals surface area (Å²) in [6.07, 6.45) is -1.33. The highest BCUT2D eigenvalue weighted by Gasteiger charge is 2.44. The summed E-state index contributed by atoms with van der Waals surface area (Å²) in [4.78, 5) is 16.5. The van der Waals surface area contributed by atoms with E-state index in [1.165, 1.54) is 17.0 Å². The van der Waals surface area contributed by atoms with Gasteiger partial charge in [0, 0.05) is 12.3 Å². The third-order valence-corrected chi connectivity index (χ3v) is 3.22. The average molecular weight is 363 g/mol. The molecule has 130 valence electrons. The molecule has 0 saturated heterocycles. The van der Waals surface area contributed by atoms with E-state index in [2.05, 4.69) is 4.98 Å². The van der Waals surface area contributed by atoms with E-state index in [-0.39, 0.29) is 10.9 Å². The van der Waals surface area contributed by atoms with Gasteiger partial charge in [-0.05, 0) is 38.4 Å². The van der Waals surface area contributed by atoms with Crippen LogP contribution in [0.5, 0.6) is 0 Å². The van der Waals surface area contributed by atoms with Gasteiger partial charge in [-0.25, -0.2) is 4.79 Å². The van der Waals surface area contributed by atoms with Crippen molar-refractivity contribution in [3.63, 3.8) is 0 Å². The molecule has 0 unspecified atom stereocenters. The fourth-order valence-corrected chi connectivity index (χ4v) is 2.20. The lowest BCUT2D eigenvalue weighted by Gasteiger charge is -2.29. The Labute approximate surface area is 142 Å². The topological polar surface area (TPSA) is 45.4 Å². The Morgan fingerprint density at radius 3 is 2.50 bits per heavy atom. The van der Waals surface area contributed by atoms with Crippen LogP contribution in [0.2, 0.25) is 0 Å². The minimum atomic E-state index is -4.59. The SMILES string of the molecule is CC(C)(C)OC(=O)N(CC(F)(F)F)C1=C[N+](c2cccnc2)=C1Cl. The van der Waals surface area contributed by atoms with Crippen molar-refractivity contribution in [1.82, 2.24) is 9.88 Å². The van der Waals surface area contributed by atoms with E-state index in [4.69, 9.17) is 16.3 Å². The van der Waals surface area contributed by atoms with Crippen LogP contribution in [0.3, 0.4) is 0 Å². The van der Waals surface area contributed by atoms with Crippen LogP contribution >= 0.6 is 11.6 Å². The fraction of sp³-hybridized carbons (Fsp3) is 0.400. The molecule has 0 atom stereocenters. The molecule has 0 bridgehead atoms. The molecule has 1 aromatic heterocycles. The first-order valence-electron chi connectivity index (χ1n) is 6.99. The normalized spacial score (nSPS) is 14.9. The predicted octanol–water partition coefficient (Wildman–Crippen LogP) is 4.02. The van der Waals surface area contributed by atoms with Crippen molar-refractivity contribution in [3.8, 4) is 0 Å². The highest BCUT2D eigenvalue weighted by Crippen LogP contribution is 2.29. The van der Waals surface area contributed by atoms with Gasteiger partial charge in [-0.3, -0.25) is 9.88 Å². The maximum absolute atomic E-state index is 12.8. The van der Waals surface area contributed by atoms with Gasteiger partial charge in [0.15, 0.2) is 5.70 Å². The number of rotatable bonds is 3. The van der Waals surface area contributed by atoms with Gasteiger partial charge in [0.05, 0.1) is 6.20 Å². The minimum Gasteiger partial charge on any atom is -0.443 e. The van der Waals surface area contributed by atoms with Crippen molar-refractivity contribution in [2.45, 2.75) is 32.5 Å². The minimum absolute atomic E-state index is 0.0156. The molecule has 1 aromatic rings. The molecule has 9 heteroatoms. The number of hydrogen-bond acceptors (Lipinski definition) is 3. The summed E-state index contributed by atoms with van der Waals surface area (Å²) in [7, 11) is 0. The molecule has 0 saturated carbocycles. The van der Waals surface area contributed by atoms with E-state index in [0.29, 0.717) is 10.6 Å². The molecule has 1 aliphatic rings. The number of nitrogens with zero attached hydrogens (tertiary/aromatic N) is 3. The fourth-order valence-electron chi connectivity index (χ4n) is 1.90. The van der Waals surface area contributed by atoms with E-state index in [0.717, 1.165) is 0 Å². The summed E-state index contributed by atoms with van der Waals surface area (Å²) >= 11 is 6.08. The lowest BCUT2D eigenvalue weighted by atomic mass is 10.2. The van der Waals surface area contributed by atoms with E-state index >= 15 is 0 Å². The summed E-state index contributed by atoms with van der Waals surface area (Å²) in [5.41, 5.74) is -0.421. The van der Waals surface area contributed by atoms with Gasteiger partial charge < -0.3 is 4.74 Å². The molecular weight excluding hydrogens is 347 g/mol. The van der Waals surface area contributed by atoms with Gasteiger partial charge in [0.1, 0.15) is 12.1 Å². The maximum atomic E-state index is 12.8. The van der Waals surface area contributed by atoms with E-state index in [9.17, 15) is 18.0 Å². The van der Waals surface area contributed by atoms with Crippen LogP contribution in [0.15, 0.2) is 36.4 Å². The van der Waals surface area contributed by atoms with E-state index in [1.54, 1.807) is 39.1 Å². The maximum Gasteiger partial charge on any atom is 0.415 e. The second-order valence-electron chi connectivity index (χ2n) is 6.07. The Hall–Kier alpha value is -2.09. The zero-order chi connectivity index (χ0) is 18.1. The summed E-state index contributed by atoms with van der Waals surface area (Å²) in [6, 6.07) is 3.34. The first kappa shape index (κ1) is 18.3. The standard InChI is InChI=1S/C15H16ClF3N3O2/c1-14(2,3)24-13(23)22(9-15(17,18)19)11-8-21(12(11)16)10-5-4-6-20-7-10/h4-8H,9H2,1-3H3/q+1. The van der Waals surface area contributed by atoms with Crippen LogP contribution in [-0.4, -0.2) is 44.0 Å². The number of hydrogen-bond donors (Lipinski definition) is 0. The first-order chi connectivity index (χ1) is 11.0. The van der Waals surface area contributed by atoms with Crippen molar-refractivity contribution >= 4 is 28.6 Å². The molecule has 5 nitrogen and oxygen atoms in total. The monoisotopic (exact) mass is 362 g/mol. The molecule has 1 aliphatic heterocycles. The summed E-state index contributed by atoms with van der Waals surface area (Å²) in [5, 5.41) is -0.0156. The smallest absolute Gasteiger partial charge is 0.415 e. The second-order valence-corrected chi connectivity index (χ2v) is 6.43. The Balaban J connectivity index is 2.25. The van der Waals surface area contributed by atoms with Crippen LogP contribution in [0.4, 0.5) is 23.7 Å². The quantitative estimate of drug-likeness (QED) is 0.763. The van der Waals surface area contributed by atoms with Crippen molar-refractivity contribution in [2.24, 2.45) is 0 Å². The number of pyridine rings is 1. The third kappa shape index (κ3) is 4.47. The van der Waals surface area contributed by atoms with Crippen LogP contribution in [-0.2, 0) is 4.74 Å². The zero-order valence-electron chi connectivity index (χ0n) is 13.3. The molecule has 0 fully saturated rings. The van der Waals surface area contributed by atoms with Crippen molar-refractivity contribution in [1.29, 1.82) is 0 Å². The molecule has 0 N–H and O–H groups in total. The Kier molecular flexibility index (Phi) is 4.89. The molecule has 0 aromatic carbocycles. The van der Waals surface area contributed by atoms with Gasteiger partial charge in [0.2, 0.25) is 11.9 Å². The van der Waals surface area contributed by atoms with Gasteiger partial charge in [-0.15, -0.1) is 4.58 Å². The van der Waals surface area contributed by atoms with Gasteiger partial charge in [0.25, 0.3) is 0 Å². The summed E-state index contributed by atoms with van der Waals surface area (Å²) in [5.74, 6) is 0. The molecule has 0 radical (unpaired) electrons. The lowest BCUT2D eigenvalue weighted by molar-refractivity contribution is -0.373. The predicted molar refractivity (Wildman–Crippen MR) is 82.1 cm³/mol. The molecule has 2 rings (SSSR count). The van der Waals surface area contributed by atoms with Crippen LogP contribution in [0.1, 0.15) is 20.8 Å². The van der Waals surface area contributed by atoms with Crippen molar-refractivity contribution in [3.05, 3.63) is 36.4 Å². The largest absolute Gasteiger partial charge is 0.443 e. The summed E-state index contributed by atoms with van der Waals surface area (Å²) < 4.78 is 44.9. The van der Waals surface area contributed by atoms with Crippen molar-refractivity contribution < 1.29 is 27.3 Å². The Bertz CT molecular complexity index is 694. The number of carbonyl (C=O) groups excluding carboxylic acids is 1. The van der Waals surface area contributed by atoms with Crippen LogP contribution in [0.25, 0.3) is 0 Å². The first-order valence-corrected chi connectivity index (χ1v) is 7.37. The van der Waals surface area contributed by atoms with Gasteiger partial charge in [-0.2, -0.15) is 13.2 Å². The number of alkyl halides is 3. The highest BCUT2D eigenvalue weighted by atomic mass is 35.5. The van der Waals surface area contributed by atoms with Crippen molar-refractivity contribution in [2.75, 3.05) is 6.54 Å². The number of ether oxygens (including phenoxy) is 1. The molecule has 24 heavy (non-hydrogen) atoms. The third-order valence-electron chi connectivity index (χ3n) is 2.84. The van der Waals surface area contributed by atoms with E-state index in [1.807, 2.05) is 0 Å². The number of amides is 1. The van der Waals surface area contributed by atoms with Crippen LogP contribution in [0, 0.1) is 0 Å². The number of halogens is 4.